The summed E-state index contributed by atoms with van der Waals surface area (Å²) in [7, 11) is 0. The van der Waals surface area contributed by atoms with Crippen LogP contribution in [-0.4, -0.2) is 44.5 Å². The summed E-state index contributed by atoms with van der Waals surface area (Å²) in [6, 6.07) is 15.1. The van der Waals surface area contributed by atoms with E-state index in [0.717, 1.165) is 29.0 Å². The van der Waals surface area contributed by atoms with Crippen molar-refractivity contribution in [1.29, 1.82) is 0 Å². The van der Waals surface area contributed by atoms with Crippen LogP contribution in [0.2, 0.25) is 0 Å². The highest BCUT2D eigenvalue weighted by molar-refractivity contribution is 5.98. The smallest absolute Gasteiger partial charge is 0.323 e. The monoisotopic (exact) mass is 365 g/mol. The number of carboxylic acids is 1. The predicted octanol–water partition coefficient (Wildman–Crippen LogP) is 3.13. The number of rotatable bonds is 7. The second kappa shape index (κ2) is 8.03. The van der Waals surface area contributed by atoms with Gasteiger partial charge in [-0.05, 0) is 44.0 Å². The largest absolute Gasteiger partial charge is 0.480 e. The van der Waals surface area contributed by atoms with Gasteiger partial charge in [0, 0.05) is 18.7 Å². The van der Waals surface area contributed by atoms with E-state index in [9.17, 15) is 14.7 Å². The molecule has 1 amide bonds. The molecule has 0 unspecified atom stereocenters. The Labute approximate surface area is 158 Å². The molecule has 0 atom stereocenters. The molecular formula is C21H23N3O3. The van der Waals surface area contributed by atoms with Crippen LogP contribution in [0.25, 0.3) is 11.0 Å². The average molecular weight is 365 g/mol. The van der Waals surface area contributed by atoms with Crippen molar-refractivity contribution in [2.75, 3.05) is 13.1 Å². The Hall–Kier alpha value is -3.15. The molecule has 3 aromatic rings. The minimum Gasteiger partial charge on any atom is -0.480 e. The zero-order valence-electron chi connectivity index (χ0n) is 15.6. The molecule has 140 valence electrons. The molecule has 2 aromatic carbocycles. The molecule has 27 heavy (non-hydrogen) atoms. The maximum Gasteiger partial charge on any atom is 0.323 e. The van der Waals surface area contributed by atoms with E-state index in [1.54, 1.807) is 12.1 Å². The van der Waals surface area contributed by atoms with E-state index in [1.165, 1.54) is 4.90 Å². The Bertz CT molecular complexity index is 963. The molecule has 0 saturated heterocycles. The second-order valence-corrected chi connectivity index (χ2v) is 6.46. The number of carbonyl (C=O) groups excluding carboxylic acids is 1. The summed E-state index contributed by atoms with van der Waals surface area (Å²) in [5.74, 6) is -0.425. The molecule has 0 aliphatic rings. The zero-order chi connectivity index (χ0) is 19.4. The first-order valence-corrected chi connectivity index (χ1v) is 9.01. The van der Waals surface area contributed by atoms with Gasteiger partial charge in [0.15, 0.2) is 0 Å². The molecule has 0 radical (unpaired) electrons. The van der Waals surface area contributed by atoms with E-state index < -0.39 is 5.97 Å². The highest BCUT2D eigenvalue weighted by atomic mass is 16.4. The van der Waals surface area contributed by atoms with Crippen molar-refractivity contribution in [1.82, 2.24) is 14.5 Å². The van der Waals surface area contributed by atoms with Crippen LogP contribution >= 0.6 is 0 Å². The van der Waals surface area contributed by atoms with E-state index in [2.05, 4.69) is 9.55 Å². The maximum atomic E-state index is 12.9. The van der Waals surface area contributed by atoms with Crippen molar-refractivity contribution in [2.45, 2.75) is 26.8 Å². The summed E-state index contributed by atoms with van der Waals surface area (Å²) in [5.41, 5.74) is 3.24. The normalized spacial score (nSPS) is 10.9. The SMILES string of the molecule is CCn1c(C)nc2cc(C(=O)N(CCc3ccccc3)CC(=O)O)ccc21. The number of carbonyl (C=O) groups is 2. The average Bonchev–Trinajstić information content (AvgIpc) is 2.99. The van der Waals surface area contributed by atoms with Crippen LogP contribution in [0.15, 0.2) is 48.5 Å². The van der Waals surface area contributed by atoms with Gasteiger partial charge in [-0.2, -0.15) is 0 Å². The first-order valence-electron chi connectivity index (χ1n) is 9.01. The summed E-state index contributed by atoms with van der Waals surface area (Å²) in [6.45, 7) is 4.80. The van der Waals surface area contributed by atoms with E-state index in [1.807, 2.05) is 50.2 Å². The number of aliphatic carboxylic acids is 1. The number of amides is 1. The van der Waals surface area contributed by atoms with Crippen LogP contribution in [0, 0.1) is 6.92 Å². The summed E-state index contributed by atoms with van der Waals surface area (Å²) in [5, 5.41) is 9.21. The summed E-state index contributed by atoms with van der Waals surface area (Å²) in [6.07, 6.45) is 0.603. The Morgan fingerprint density at radius 1 is 1.15 bits per heavy atom. The topological polar surface area (TPSA) is 75.4 Å². The first kappa shape index (κ1) is 18.6. The number of imidazole rings is 1. The number of aromatic nitrogens is 2. The zero-order valence-corrected chi connectivity index (χ0v) is 15.6. The molecule has 0 aliphatic heterocycles. The number of benzene rings is 2. The number of hydrogen-bond acceptors (Lipinski definition) is 3. The van der Waals surface area contributed by atoms with E-state index in [-0.39, 0.29) is 12.5 Å². The third-order valence-electron chi connectivity index (χ3n) is 4.63. The molecule has 0 fully saturated rings. The minimum atomic E-state index is -1.02. The molecule has 0 saturated carbocycles. The molecule has 6 heteroatoms. The van der Waals surface area contributed by atoms with E-state index in [0.29, 0.717) is 18.5 Å². The van der Waals surface area contributed by atoms with E-state index in [4.69, 9.17) is 0 Å². The van der Waals surface area contributed by atoms with Crippen molar-refractivity contribution >= 4 is 22.9 Å². The molecule has 6 nitrogen and oxygen atoms in total. The van der Waals surface area contributed by atoms with Crippen LogP contribution in [0.5, 0.6) is 0 Å². The maximum absolute atomic E-state index is 12.9. The van der Waals surface area contributed by atoms with Crippen LogP contribution in [0.4, 0.5) is 0 Å². The van der Waals surface area contributed by atoms with Gasteiger partial charge in [0.1, 0.15) is 12.4 Å². The van der Waals surface area contributed by atoms with Gasteiger partial charge in [-0.1, -0.05) is 30.3 Å². The fraction of sp³-hybridized carbons (Fsp3) is 0.286. The second-order valence-electron chi connectivity index (χ2n) is 6.46. The third kappa shape index (κ3) is 4.16. The number of carboxylic acid groups (broad SMARTS) is 1. The van der Waals surface area contributed by atoms with Gasteiger partial charge in [0.25, 0.3) is 5.91 Å². The molecule has 3 rings (SSSR count). The Morgan fingerprint density at radius 2 is 1.89 bits per heavy atom. The van der Waals surface area contributed by atoms with Gasteiger partial charge in [0.2, 0.25) is 0 Å². The molecule has 1 heterocycles. The predicted molar refractivity (Wildman–Crippen MR) is 104 cm³/mol. The molecule has 0 spiro atoms. The Kier molecular flexibility index (Phi) is 5.54. The highest BCUT2D eigenvalue weighted by Crippen LogP contribution is 2.19. The quantitative estimate of drug-likeness (QED) is 0.698. The van der Waals surface area contributed by atoms with Gasteiger partial charge in [-0.25, -0.2) is 4.98 Å². The number of fused-ring (bicyclic) bond motifs is 1. The lowest BCUT2D eigenvalue weighted by Gasteiger charge is -2.21. The van der Waals surface area contributed by atoms with Gasteiger partial charge in [-0.3, -0.25) is 9.59 Å². The standard InChI is InChI=1S/C21H23N3O3/c1-3-24-15(2)22-18-13-17(9-10-19(18)24)21(27)23(14-20(25)26)12-11-16-7-5-4-6-8-16/h4-10,13H,3,11-12,14H2,1-2H3,(H,25,26). The summed E-state index contributed by atoms with van der Waals surface area (Å²) in [4.78, 5) is 30.1. The highest BCUT2D eigenvalue weighted by Gasteiger charge is 2.19. The lowest BCUT2D eigenvalue weighted by atomic mass is 10.1. The van der Waals surface area contributed by atoms with Crippen LogP contribution in [-0.2, 0) is 17.8 Å². The fourth-order valence-corrected chi connectivity index (χ4v) is 3.29. The van der Waals surface area contributed by atoms with Gasteiger partial charge in [-0.15, -0.1) is 0 Å². The molecule has 0 bridgehead atoms. The van der Waals surface area contributed by atoms with Crippen molar-refractivity contribution < 1.29 is 14.7 Å². The lowest BCUT2D eigenvalue weighted by molar-refractivity contribution is -0.137. The van der Waals surface area contributed by atoms with Crippen molar-refractivity contribution in [3.8, 4) is 0 Å². The summed E-state index contributed by atoms with van der Waals surface area (Å²) < 4.78 is 2.08. The van der Waals surface area contributed by atoms with Gasteiger partial charge >= 0.3 is 5.97 Å². The van der Waals surface area contributed by atoms with Crippen LogP contribution in [0.1, 0.15) is 28.7 Å². The molecular weight excluding hydrogens is 342 g/mol. The fourth-order valence-electron chi connectivity index (χ4n) is 3.29. The van der Waals surface area contributed by atoms with Crippen LogP contribution < -0.4 is 0 Å². The Morgan fingerprint density at radius 3 is 2.56 bits per heavy atom. The Balaban J connectivity index is 1.84. The van der Waals surface area contributed by atoms with Crippen molar-refractivity contribution in [2.24, 2.45) is 0 Å². The molecule has 0 aliphatic carbocycles. The summed E-state index contributed by atoms with van der Waals surface area (Å²) >= 11 is 0. The van der Waals surface area contributed by atoms with Gasteiger partial charge < -0.3 is 14.6 Å². The van der Waals surface area contributed by atoms with Crippen LogP contribution in [0.3, 0.4) is 0 Å². The minimum absolute atomic E-state index is 0.293. The molecule has 1 N–H and O–H groups in total. The van der Waals surface area contributed by atoms with E-state index >= 15 is 0 Å². The first-order chi connectivity index (χ1) is 13.0. The third-order valence-corrected chi connectivity index (χ3v) is 4.63. The van der Waals surface area contributed by atoms with Gasteiger partial charge in [0.05, 0.1) is 11.0 Å². The number of hydrogen-bond donors (Lipinski definition) is 1. The van der Waals surface area contributed by atoms with Crippen molar-refractivity contribution in [3.05, 3.63) is 65.5 Å². The lowest BCUT2D eigenvalue weighted by Crippen LogP contribution is -2.37. The number of nitrogens with zero attached hydrogens (tertiary/aromatic N) is 3. The van der Waals surface area contributed by atoms with Crippen molar-refractivity contribution in [3.63, 3.8) is 0 Å². The molecule has 1 aromatic heterocycles. The number of aryl methyl sites for hydroxylation is 2.